The molecule has 2 nitrogen and oxygen atoms in total. The van der Waals surface area contributed by atoms with E-state index in [0.29, 0.717) is 19.0 Å². The molecular weight excluding hydrogens is 261 g/mol. The predicted molar refractivity (Wildman–Crippen MR) is 71.2 cm³/mol. The van der Waals surface area contributed by atoms with Crippen LogP contribution in [0.4, 0.5) is 13.2 Å². The summed E-state index contributed by atoms with van der Waals surface area (Å²) in [5.41, 5.74) is 0. The fourth-order valence-corrected chi connectivity index (χ4v) is 2.70. The van der Waals surface area contributed by atoms with Crippen molar-refractivity contribution in [2.24, 2.45) is 5.92 Å². The minimum atomic E-state index is -4.07. The molecule has 0 bridgehead atoms. The van der Waals surface area contributed by atoms with Gasteiger partial charge in [-0.25, -0.2) is 0 Å². The Kier molecular flexibility index (Phi) is 6.81. The molecule has 1 unspecified atom stereocenters. The van der Waals surface area contributed by atoms with Crippen LogP contribution in [-0.4, -0.2) is 61.0 Å². The Labute approximate surface area is 113 Å². The Morgan fingerprint density at radius 1 is 1.11 bits per heavy atom. The summed E-state index contributed by atoms with van der Waals surface area (Å²) in [6.07, 6.45) is -1.79. The van der Waals surface area contributed by atoms with E-state index in [9.17, 15) is 13.2 Å². The number of piperazine rings is 1. The lowest BCUT2D eigenvalue weighted by Gasteiger charge is -2.36. The molecule has 0 spiro atoms. The Morgan fingerprint density at radius 3 is 2.11 bits per heavy atom. The number of alkyl halides is 3. The van der Waals surface area contributed by atoms with E-state index in [1.54, 1.807) is 0 Å². The lowest BCUT2D eigenvalue weighted by molar-refractivity contribution is -0.149. The molecule has 0 aromatic carbocycles. The molecule has 1 heterocycles. The molecule has 1 aliphatic heterocycles. The van der Waals surface area contributed by atoms with Crippen molar-refractivity contribution in [3.63, 3.8) is 0 Å². The summed E-state index contributed by atoms with van der Waals surface area (Å²) in [5.74, 6) is 1.42. The van der Waals surface area contributed by atoms with Crippen molar-refractivity contribution in [2.75, 3.05) is 45.0 Å². The Balaban J connectivity index is 2.26. The molecule has 1 fully saturated rings. The number of nitrogens with zero attached hydrogens (tertiary/aromatic N) is 2. The van der Waals surface area contributed by atoms with Crippen LogP contribution in [0.25, 0.3) is 0 Å². The van der Waals surface area contributed by atoms with Crippen molar-refractivity contribution in [1.82, 2.24) is 9.80 Å². The largest absolute Gasteiger partial charge is 0.401 e. The first-order valence-corrected chi connectivity index (χ1v) is 7.20. The molecule has 1 aliphatic rings. The van der Waals surface area contributed by atoms with Crippen molar-refractivity contribution >= 4 is 12.6 Å². The van der Waals surface area contributed by atoms with E-state index in [1.165, 1.54) is 4.90 Å². The summed E-state index contributed by atoms with van der Waals surface area (Å²) in [6, 6.07) is 0. The van der Waals surface area contributed by atoms with Gasteiger partial charge in [0.25, 0.3) is 0 Å². The highest BCUT2D eigenvalue weighted by atomic mass is 32.1. The molecule has 18 heavy (non-hydrogen) atoms. The number of rotatable bonds is 6. The second kappa shape index (κ2) is 7.60. The van der Waals surface area contributed by atoms with Gasteiger partial charge in [-0.2, -0.15) is 25.8 Å². The van der Waals surface area contributed by atoms with E-state index >= 15 is 0 Å². The van der Waals surface area contributed by atoms with Gasteiger partial charge in [-0.3, -0.25) is 4.90 Å². The number of thiol groups is 1. The normalized spacial score (nSPS) is 21.2. The summed E-state index contributed by atoms with van der Waals surface area (Å²) in [4.78, 5) is 3.76. The predicted octanol–water partition coefficient (Wildman–Crippen LogP) is 2.51. The van der Waals surface area contributed by atoms with Gasteiger partial charge >= 0.3 is 6.18 Å². The molecular formula is C12H23F3N2S. The highest BCUT2D eigenvalue weighted by Crippen LogP contribution is 2.18. The molecule has 0 amide bonds. The minimum Gasteiger partial charge on any atom is -0.300 e. The molecule has 0 aromatic heterocycles. The first-order valence-electron chi connectivity index (χ1n) is 6.57. The van der Waals surface area contributed by atoms with Crippen molar-refractivity contribution in [2.45, 2.75) is 25.9 Å². The van der Waals surface area contributed by atoms with Gasteiger partial charge in [-0.15, -0.1) is 0 Å². The molecule has 6 heteroatoms. The van der Waals surface area contributed by atoms with Gasteiger partial charge in [0.05, 0.1) is 6.54 Å². The van der Waals surface area contributed by atoms with E-state index in [1.807, 2.05) is 0 Å². The summed E-state index contributed by atoms with van der Waals surface area (Å²) < 4.78 is 36.7. The average molecular weight is 284 g/mol. The highest BCUT2D eigenvalue weighted by Gasteiger charge is 2.32. The van der Waals surface area contributed by atoms with Gasteiger partial charge in [0.2, 0.25) is 0 Å². The van der Waals surface area contributed by atoms with Gasteiger partial charge in [0.1, 0.15) is 0 Å². The van der Waals surface area contributed by atoms with Crippen LogP contribution in [-0.2, 0) is 0 Å². The molecule has 0 saturated carbocycles. The standard InChI is InChI=1S/C12H23F3N2S/c1-2-3-11(9-18)8-16-4-6-17(7-5-16)10-12(13,14)15/h11,18H,2-10H2,1H3. The molecule has 0 radical (unpaired) electrons. The zero-order valence-electron chi connectivity index (χ0n) is 10.9. The maximum atomic E-state index is 12.2. The van der Waals surface area contributed by atoms with Crippen LogP contribution < -0.4 is 0 Å². The van der Waals surface area contributed by atoms with Crippen LogP contribution in [0.15, 0.2) is 0 Å². The van der Waals surface area contributed by atoms with Crippen LogP contribution >= 0.6 is 12.6 Å². The van der Waals surface area contributed by atoms with Crippen molar-refractivity contribution in [1.29, 1.82) is 0 Å². The molecule has 108 valence electrons. The lowest BCUT2D eigenvalue weighted by atomic mass is 10.1. The van der Waals surface area contributed by atoms with E-state index in [2.05, 4.69) is 24.5 Å². The highest BCUT2D eigenvalue weighted by molar-refractivity contribution is 7.80. The second-order valence-corrected chi connectivity index (χ2v) is 5.39. The topological polar surface area (TPSA) is 6.48 Å². The quantitative estimate of drug-likeness (QED) is 0.749. The zero-order valence-corrected chi connectivity index (χ0v) is 11.8. The second-order valence-electron chi connectivity index (χ2n) is 5.03. The van der Waals surface area contributed by atoms with Gasteiger partial charge in [-0.05, 0) is 18.1 Å². The fourth-order valence-electron chi connectivity index (χ4n) is 2.40. The number of hydrogen-bond donors (Lipinski definition) is 1. The lowest BCUT2D eigenvalue weighted by Crippen LogP contribution is -2.50. The van der Waals surface area contributed by atoms with Gasteiger partial charge in [0, 0.05) is 32.7 Å². The van der Waals surface area contributed by atoms with Crippen molar-refractivity contribution < 1.29 is 13.2 Å². The van der Waals surface area contributed by atoms with Crippen LogP contribution in [0.5, 0.6) is 0 Å². The van der Waals surface area contributed by atoms with Gasteiger partial charge in [0.15, 0.2) is 0 Å². The maximum Gasteiger partial charge on any atom is 0.401 e. The number of halogens is 3. The minimum absolute atomic E-state index is 0.519. The SMILES string of the molecule is CCCC(CS)CN1CCN(CC(F)(F)F)CC1. The average Bonchev–Trinajstić information content (AvgIpc) is 2.29. The molecule has 0 aliphatic carbocycles. The third-order valence-electron chi connectivity index (χ3n) is 3.34. The molecule has 1 atom stereocenters. The summed E-state index contributed by atoms with van der Waals surface area (Å²) in [7, 11) is 0. The monoisotopic (exact) mass is 284 g/mol. The summed E-state index contributed by atoms with van der Waals surface area (Å²) >= 11 is 4.34. The molecule has 1 saturated heterocycles. The third kappa shape index (κ3) is 6.29. The van der Waals surface area contributed by atoms with Gasteiger partial charge in [-0.1, -0.05) is 13.3 Å². The van der Waals surface area contributed by atoms with Gasteiger partial charge < -0.3 is 4.90 Å². The Hall–Kier alpha value is 0.0600. The first kappa shape index (κ1) is 16.1. The molecule has 0 aromatic rings. The van der Waals surface area contributed by atoms with Crippen molar-refractivity contribution in [3.05, 3.63) is 0 Å². The van der Waals surface area contributed by atoms with Crippen molar-refractivity contribution in [3.8, 4) is 0 Å². The van der Waals surface area contributed by atoms with Crippen LogP contribution in [0.3, 0.4) is 0 Å². The van der Waals surface area contributed by atoms with E-state index < -0.39 is 12.7 Å². The zero-order chi connectivity index (χ0) is 13.6. The van der Waals surface area contributed by atoms with E-state index in [-0.39, 0.29) is 0 Å². The summed E-state index contributed by atoms with van der Waals surface area (Å²) in [5, 5.41) is 0. The Bertz CT molecular complexity index is 228. The number of hydrogen-bond acceptors (Lipinski definition) is 3. The summed E-state index contributed by atoms with van der Waals surface area (Å²) in [6.45, 7) is 4.87. The maximum absolute atomic E-state index is 12.2. The van der Waals surface area contributed by atoms with E-state index in [4.69, 9.17) is 0 Å². The van der Waals surface area contributed by atoms with Crippen LogP contribution in [0, 0.1) is 5.92 Å². The smallest absolute Gasteiger partial charge is 0.300 e. The molecule has 1 rings (SSSR count). The third-order valence-corrected chi connectivity index (χ3v) is 3.86. The Morgan fingerprint density at radius 2 is 1.67 bits per heavy atom. The van der Waals surface area contributed by atoms with E-state index in [0.717, 1.165) is 38.2 Å². The van der Waals surface area contributed by atoms with Crippen LogP contribution in [0.2, 0.25) is 0 Å². The molecule has 0 N–H and O–H groups in total. The first-order chi connectivity index (χ1) is 8.44. The van der Waals surface area contributed by atoms with Crippen LogP contribution in [0.1, 0.15) is 19.8 Å². The fraction of sp³-hybridized carbons (Fsp3) is 1.00.